The van der Waals surface area contributed by atoms with Crippen molar-refractivity contribution in [1.29, 1.82) is 0 Å². The van der Waals surface area contributed by atoms with E-state index in [-0.39, 0.29) is 5.52 Å². The molecule has 0 saturated carbocycles. The minimum Gasteiger partial charge on any atom is -0.318 e. The average molecular weight is 311 g/mol. The molecule has 1 atom stereocenters. The predicted octanol–water partition coefficient (Wildman–Crippen LogP) is 3.40. The van der Waals surface area contributed by atoms with Crippen molar-refractivity contribution in [2.24, 2.45) is 7.05 Å². The summed E-state index contributed by atoms with van der Waals surface area (Å²) < 4.78 is 31.0. The van der Waals surface area contributed by atoms with Gasteiger partial charge in [0.15, 0.2) is 11.6 Å². The van der Waals surface area contributed by atoms with E-state index in [1.165, 1.54) is 6.07 Å². The second kappa shape index (κ2) is 5.11. The van der Waals surface area contributed by atoms with Crippen LogP contribution in [0.3, 0.4) is 0 Å². The number of fused-ring (bicyclic) bond motifs is 1. The van der Waals surface area contributed by atoms with E-state index in [2.05, 4.69) is 10.1 Å². The Morgan fingerprint density at radius 1 is 1.29 bits per heavy atom. The molecule has 2 aromatic heterocycles. The maximum Gasteiger partial charge on any atom is 0.184 e. The minimum absolute atomic E-state index is 0.124. The lowest BCUT2D eigenvalue weighted by Crippen LogP contribution is -2.10. The standard InChI is InChI=1S/C14H13ClF2N4/c1-8(15)14-19-11-4-3-10(16)12(17)13(11)21(14)7-9-5-6-18-20(9)2/h3-6,8H,7H2,1-2H3. The third-order valence-corrected chi connectivity index (χ3v) is 3.62. The van der Waals surface area contributed by atoms with E-state index >= 15 is 0 Å². The van der Waals surface area contributed by atoms with E-state index < -0.39 is 17.0 Å². The van der Waals surface area contributed by atoms with Gasteiger partial charge in [0.1, 0.15) is 11.3 Å². The number of rotatable bonds is 3. The molecule has 0 spiro atoms. The predicted molar refractivity (Wildman–Crippen MR) is 76.2 cm³/mol. The number of hydrogen-bond acceptors (Lipinski definition) is 2. The molecule has 1 unspecified atom stereocenters. The molecule has 3 rings (SSSR count). The van der Waals surface area contributed by atoms with E-state index in [4.69, 9.17) is 11.6 Å². The van der Waals surface area contributed by atoms with Gasteiger partial charge in [0.25, 0.3) is 0 Å². The molecule has 0 bridgehead atoms. The van der Waals surface area contributed by atoms with Crippen molar-refractivity contribution in [3.8, 4) is 0 Å². The van der Waals surface area contributed by atoms with Crippen LogP contribution in [0, 0.1) is 11.6 Å². The highest BCUT2D eigenvalue weighted by Crippen LogP contribution is 2.28. The second-order valence-electron chi connectivity index (χ2n) is 4.85. The molecular formula is C14H13ClF2N4. The molecule has 0 N–H and O–H groups in total. The van der Waals surface area contributed by atoms with E-state index in [1.54, 1.807) is 29.4 Å². The molecule has 110 valence electrons. The van der Waals surface area contributed by atoms with Crippen molar-refractivity contribution in [1.82, 2.24) is 19.3 Å². The van der Waals surface area contributed by atoms with Crippen LogP contribution in [0.4, 0.5) is 8.78 Å². The SMILES string of the molecule is CC(Cl)c1nc2ccc(F)c(F)c2n1Cc1ccnn1C. The summed E-state index contributed by atoms with van der Waals surface area (Å²) in [4.78, 5) is 4.32. The van der Waals surface area contributed by atoms with Gasteiger partial charge < -0.3 is 4.57 Å². The van der Waals surface area contributed by atoms with E-state index in [1.807, 2.05) is 6.07 Å². The van der Waals surface area contributed by atoms with Crippen LogP contribution in [0.1, 0.15) is 23.8 Å². The fourth-order valence-electron chi connectivity index (χ4n) is 2.36. The summed E-state index contributed by atoms with van der Waals surface area (Å²) in [7, 11) is 1.79. The summed E-state index contributed by atoms with van der Waals surface area (Å²) in [5.41, 5.74) is 1.36. The van der Waals surface area contributed by atoms with Crippen molar-refractivity contribution in [2.75, 3.05) is 0 Å². The first kappa shape index (κ1) is 14.0. The molecule has 21 heavy (non-hydrogen) atoms. The molecule has 2 heterocycles. The molecule has 3 aromatic rings. The maximum absolute atomic E-state index is 14.2. The molecule has 0 amide bonds. The fourth-order valence-corrected chi connectivity index (χ4v) is 2.52. The Balaban J connectivity index is 2.25. The van der Waals surface area contributed by atoms with Gasteiger partial charge in [-0.15, -0.1) is 11.6 Å². The van der Waals surface area contributed by atoms with Crippen molar-refractivity contribution in [3.05, 3.63) is 47.5 Å². The number of halogens is 3. The van der Waals surface area contributed by atoms with E-state index in [0.717, 1.165) is 11.8 Å². The normalized spacial score (nSPS) is 13.0. The zero-order chi connectivity index (χ0) is 15.1. The molecule has 7 heteroatoms. The largest absolute Gasteiger partial charge is 0.318 e. The Kier molecular flexibility index (Phi) is 3.41. The lowest BCUT2D eigenvalue weighted by molar-refractivity contribution is 0.511. The highest BCUT2D eigenvalue weighted by atomic mass is 35.5. The van der Waals surface area contributed by atoms with Crippen LogP contribution in [0.5, 0.6) is 0 Å². The quantitative estimate of drug-likeness (QED) is 0.695. The van der Waals surface area contributed by atoms with Gasteiger partial charge in [-0.1, -0.05) is 0 Å². The highest BCUT2D eigenvalue weighted by molar-refractivity contribution is 6.20. The van der Waals surface area contributed by atoms with Crippen LogP contribution >= 0.6 is 11.6 Å². The van der Waals surface area contributed by atoms with Crippen molar-refractivity contribution in [3.63, 3.8) is 0 Å². The lowest BCUT2D eigenvalue weighted by Gasteiger charge is -2.11. The fraction of sp³-hybridized carbons (Fsp3) is 0.286. The van der Waals surface area contributed by atoms with Gasteiger partial charge in [-0.2, -0.15) is 5.10 Å². The summed E-state index contributed by atoms with van der Waals surface area (Å²) >= 11 is 6.13. The topological polar surface area (TPSA) is 35.6 Å². The van der Waals surface area contributed by atoms with E-state index in [9.17, 15) is 8.78 Å². The molecule has 0 aliphatic rings. The molecule has 0 aliphatic carbocycles. The van der Waals surface area contributed by atoms with Crippen molar-refractivity contribution >= 4 is 22.6 Å². The smallest absolute Gasteiger partial charge is 0.184 e. The summed E-state index contributed by atoms with van der Waals surface area (Å²) in [5.74, 6) is -1.31. The number of nitrogens with zero attached hydrogens (tertiary/aromatic N) is 4. The lowest BCUT2D eigenvalue weighted by atomic mass is 10.3. The Bertz CT molecular complexity index is 807. The molecule has 0 fully saturated rings. The Morgan fingerprint density at radius 2 is 2.05 bits per heavy atom. The van der Waals surface area contributed by atoms with Gasteiger partial charge in [-0.05, 0) is 25.1 Å². The molecule has 0 aliphatic heterocycles. The third kappa shape index (κ3) is 2.29. The first-order valence-corrected chi connectivity index (χ1v) is 6.87. The van der Waals surface area contributed by atoms with E-state index in [0.29, 0.717) is 17.9 Å². The number of alkyl halides is 1. The molecule has 1 aromatic carbocycles. The van der Waals surface area contributed by atoms with Crippen molar-refractivity contribution in [2.45, 2.75) is 18.8 Å². The van der Waals surface area contributed by atoms with Gasteiger partial charge in [0.2, 0.25) is 0 Å². The molecule has 0 saturated heterocycles. The summed E-state index contributed by atoms with van der Waals surface area (Å²) in [5, 5.41) is 3.65. The van der Waals surface area contributed by atoms with Crippen LogP contribution in [0.2, 0.25) is 0 Å². The average Bonchev–Trinajstić information content (AvgIpc) is 3.00. The number of aryl methyl sites for hydroxylation is 1. The highest BCUT2D eigenvalue weighted by Gasteiger charge is 2.20. The van der Waals surface area contributed by atoms with Gasteiger partial charge in [0.05, 0.1) is 23.1 Å². The summed E-state index contributed by atoms with van der Waals surface area (Å²) in [6.45, 7) is 2.07. The summed E-state index contributed by atoms with van der Waals surface area (Å²) in [6.07, 6.45) is 1.65. The number of benzene rings is 1. The van der Waals surface area contributed by atoms with Gasteiger partial charge in [-0.25, -0.2) is 13.8 Å². The van der Waals surface area contributed by atoms with Crippen LogP contribution in [0.25, 0.3) is 11.0 Å². The third-order valence-electron chi connectivity index (χ3n) is 3.43. The number of aromatic nitrogens is 4. The second-order valence-corrected chi connectivity index (χ2v) is 5.50. The zero-order valence-electron chi connectivity index (χ0n) is 11.5. The minimum atomic E-state index is -0.911. The molecule has 4 nitrogen and oxygen atoms in total. The Morgan fingerprint density at radius 3 is 2.67 bits per heavy atom. The van der Waals surface area contributed by atoms with Gasteiger partial charge >= 0.3 is 0 Å². The number of imidazole rings is 1. The first-order chi connectivity index (χ1) is 9.99. The van der Waals surface area contributed by atoms with Crippen LogP contribution in [-0.2, 0) is 13.6 Å². The summed E-state index contributed by atoms with van der Waals surface area (Å²) in [6, 6.07) is 4.34. The monoisotopic (exact) mass is 310 g/mol. The molecule has 0 radical (unpaired) electrons. The zero-order valence-corrected chi connectivity index (χ0v) is 12.3. The Labute approximate surface area is 125 Å². The van der Waals surface area contributed by atoms with Gasteiger partial charge in [-0.3, -0.25) is 4.68 Å². The molecular weight excluding hydrogens is 298 g/mol. The first-order valence-electron chi connectivity index (χ1n) is 6.44. The van der Waals surface area contributed by atoms with Crippen LogP contribution in [0.15, 0.2) is 24.4 Å². The van der Waals surface area contributed by atoms with Crippen LogP contribution < -0.4 is 0 Å². The van der Waals surface area contributed by atoms with Gasteiger partial charge in [0, 0.05) is 13.2 Å². The van der Waals surface area contributed by atoms with Crippen LogP contribution in [-0.4, -0.2) is 19.3 Å². The van der Waals surface area contributed by atoms with Crippen molar-refractivity contribution < 1.29 is 8.78 Å². The maximum atomic E-state index is 14.2. The number of hydrogen-bond donors (Lipinski definition) is 0. The Hall–Kier alpha value is -1.95.